The molecule has 8 heteroatoms. The smallest absolute Gasteiger partial charge is 0.231 e. The molecule has 1 aliphatic heterocycles. The minimum atomic E-state index is -0.0353. The van der Waals surface area contributed by atoms with Crippen molar-refractivity contribution in [3.8, 4) is 17.2 Å². The Morgan fingerprint density at radius 1 is 1.26 bits per heavy atom. The van der Waals surface area contributed by atoms with Crippen LogP contribution in [0.3, 0.4) is 0 Å². The molecule has 3 aromatic rings. The lowest BCUT2D eigenvalue weighted by atomic mass is 10.2. The number of hydrogen-bond donors (Lipinski definition) is 1. The van der Waals surface area contributed by atoms with Gasteiger partial charge in [0, 0.05) is 6.54 Å². The second kappa shape index (κ2) is 8.06. The number of ether oxygens (including phenoxy) is 3. The summed E-state index contributed by atoms with van der Waals surface area (Å²) in [6.07, 6.45) is 0. The summed E-state index contributed by atoms with van der Waals surface area (Å²) in [5, 5.41) is 2.92. The Hall–Kier alpha value is -2.45. The van der Waals surface area contributed by atoms with E-state index in [9.17, 15) is 4.79 Å². The summed E-state index contributed by atoms with van der Waals surface area (Å²) >= 11 is 3.01. The summed E-state index contributed by atoms with van der Waals surface area (Å²) in [6, 6.07) is 11.5. The Morgan fingerprint density at radius 3 is 3.04 bits per heavy atom. The summed E-state index contributed by atoms with van der Waals surface area (Å²) < 4.78 is 18.1. The molecule has 2 heterocycles. The van der Waals surface area contributed by atoms with Gasteiger partial charge in [0.25, 0.3) is 0 Å². The molecule has 2 aromatic carbocycles. The molecule has 4 rings (SSSR count). The molecule has 1 aliphatic rings. The SMILES string of the molecule is CCOc1ccc2nc(SCC(=O)NCc3ccc4c(c3)OCO4)sc2c1. The molecule has 0 fully saturated rings. The number of nitrogens with one attached hydrogen (secondary N) is 1. The fourth-order valence-electron chi connectivity index (χ4n) is 2.63. The van der Waals surface area contributed by atoms with Crippen LogP contribution >= 0.6 is 23.1 Å². The first-order valence-electron chi connectivity index (χ1n) is 8.52. The van der Waals surface area contributed by atoms with E-state index >= 15 is 0 Å². The van der Waals surface area contributed by atoms with Crippen molar-refractivity contribution in [1.82, 2.24) is 10.3 Å². The van der Waals surface area contributed by atoms with Gasteiger partial charge < -0.3 is 19.5 Å². The highest BCUT2D eigenvalue weighted by atomic mass is 32.2. The Bertz CT molecular complexity index is 973. The number of rotatable bonds is 7. The maximum absolute atomic E-state index is 12.1. The van der Waals surface area contributed by atoms with Crippen LogP contribution in [0.1, 0.15) is 12.5 Å². The molecule has 0 spiro atoms. The summed E-state index contributed by atoms with van der Waals surface area (Å²) in [6.45, 7) is 3.29. The van der Waals surface area contributed by atoms with Gasteiger partial charge in [-0.15, -0.1) is 11.3 Å². The average Bonchev–Trinajstić information content (AvgIpc) is 3.30. The molecule has 0 atom stereocenters. The second-order valence-corrected chi connectivity index (χ2v) is 8.05. The van der Waals surface area contributed by atoms with Crippen molar-refractivity contribution in [3.05, 3.63) is 42.0 Å². The third-order valence-electron chi connectivity index (χ3n) is 3.90. The number of aromatic nitrogens is 1. The van der Waals surface area contributed by atoms with Crippen LogP contribution in [0.15, 0.2) is 40.7 Å². The van der Waals surface area contributed by atoms with E-state index in [4.69, 9.17) is 14.2 Å². The first-order chi connectivity index (χ1) is 13.2. The summed E-state index contributed by atoms with van der Waals surface area (Å²) in [4.78, 5) is 16.7. The highest BCUT2D eigenvalue weighted by Gasteiger charge is 2.14. The van der Waals surface area contributed by atoms with E-state index in [1.807, 2.05) is 43.3 Å². The van der Waals surface area contributed by atoms with Crippen molar-refractivity contribution in [2.45, 2.75) is 17.8 Å². The summed E-state index contributed by atoms with van der Waals surface area (Å²) in [5.41, 5.74) is 1.90. The molecule has 1 N–H and O–H groups in total. The van der Waals surface area contributed by atoms with Gasteiger partial charge in [0.1, 0.15) is 5.75 Å². The Kier molecular flexibility index (Phi) is 5.35. The van der Waals surface area contributed by atoms with Gasteiger partial charge in [-0.1, -0.05) is 17.8 Å². The van der Waals surface area contributed by atoms with Crippen molar-refractivity contribution in [2.75, 3.05) is 19.2 Å². The zero-order chi connectivity index (χ0) is 18.6. The zero-order valence-corrected chi connectivity index (χ0v) is 16.3. The third kappa shape index (κ3) is 4.28. The lowest BCUT2D eigenvalue weighted by Crippen LogP contribution is -2.24. The number of thiazole rings is 1. The number of carbonyl (C=O) groups is 1. The van der Waals surface area contributed by atoms with Gasteiger partial charge in [-0.25, -0.2) is 4.98 Å². The normalized spacial score (nSPS) is 12.3. The van der Waals surface area contributed by atoms with Crippen LogP contribution in [-0.2, 0) is 11.3 Å². The van der Waals surface area contributed by atoms with Crippen molar-refractivity contribution in [3.63, 3.8) is 0 Å². The van der Waals surface area contributed by atoms with E-state index in [0.717, 1.165) is 37.4 Å². The molecule has 0 saturated heterocycles. The zero-order valence-electron chi connectivity index (χ0n) is 14.7. The standard InChI is InChI=1S/C19H18N2O4S2/c1-2-23-13-4-5-14-17(8-13)27-19(21-14)26-10-18(22)20-9-12-3-6-15-16(7-12)25-11-24-15/h3-8H,2,9-11H2,1H3,(H,20,22). The third-order valence-corrected chi connectivity index (χ3v) is 6.07. The maximum Gasteiger partial charge on any atom is 0.231 e. The molecule has 0 unspecified atom stereocenters. The average molecular weight is 402 g/mol. The molecule has 27 heavy (non-hydrogen) atoms. The molecule has 6 nitrogen and oxygen atoms in total. The number of amides is 1. The van der Waals surface area contributed by atoms with E-state index in [0.29, 0.717) is 18.9 Å². The highest BCUT2D eigenvalue weighted by Crippen LogP contribution is 2.33. The first-order valence-corrected chi connectivity index (χ1v) is 10.3. The highest BCUT2D eigenvalue weighted by molar-refractivity contribution is 8.01. The molecular formula is C19H18N2O4S2. The monoisotopic (exact) mass is 402 g/mol. The van der Waals surface area contributed by atoms with Crippen LogP contribution in [0.5, 0.6) is 17.2 Å². The molecule has 1 amide bonds. The van der Waals surface area contributed by atoms with Crippen molar-refractivity contribution in [1.29, 1.82) is 0 Å². The lowest BCUT2D eigenvalue weighted by molar-refractivity contribution is -0.118. The summed E-state index contributed by atoms with van der Waals surface area (Å²) in [5.74, 6) is 2.59. The van der Waals surface area contributed by atoms with Crippen molar-refractivity contribution in [2.24, 2.45) is 0 Å². The minimum absolute atomic E-state index is 0.0353. The van der Waals surface area contributed by atoms with Gasteiger partial charge in [-0.3, -0.25) is 4.79 Å². The van der Waals surface area contributed by atoms with Crippen LogP contribution in [0, 0.1) is 0 Å². The van der Waals surface area contributed by atoms with Crippen LogP contribution < -0.4 is 19.5 Å². The number of carbonyl (C=O) groups excluding carboxylic acids is 1. The largest absolute Gasteiger partial charge is 0.494 e. The predicted octanol–water partition coefficient (Wildman–Crippen LogP) is 3.83. The predicted molar refractivity (Wildman–Crippen MR) is 106 cm³/mol. The molecular weight excluding hydrogens is 384 g/mol. The van der Waals surface area contributed by atoms with Crippen LogP contribution in [-0.4, -0.2) is 30.0 Å². The quantitative estimate of drug-likeness (QED) is 0.606. The van der Waals surface area contributed by atoms with E-state index in [1.54, 1.807) is 11.3 Å². The molecule has 0 radical (unpaired) electrons. The van der Waals surface area contributed by atoms with Gasteiger partial charge in [-0.05, 0) is 42.8 Å². The van der Waals surface area contributed by atoms with Crippen molar-refractivity contribution < 1.29 is 19.0 Å². The first kappa shape index (κ1) is 17.9. The van der Waals surface area contributed by atoms with Gasteiger partial charge >= 0.3 is 0 Å². The summed E-state index contributed by atoms with van der Waals surface area (Å²) in [7, 11) is 0. The van der Waals surface area contributed by atoms with Gasteiger partial charge in [-0.2, -0.15) is 0 Å². The van der Waals surface area contributed by atoms with Crippen LogP contribution in [0.4, 0.5) is 0 Å². The van der Waals surface area contributed by atoms with Crippen molar-refractivity contribution >= 4 is 39.2 Å². The molecule has 0 aliphatic carbocycles. The van der Waals surface area contributed by atoms with Gasteiger partial charge in [0.2, 0.25) is 12.7 Å². The topological polar surface area (TPSA) is 69.7 Å². The molecule has 0 saturated carbocycles. The van der Waals surface area contributed by atoms with E-state index in [-0.39, 0.29) is 12.7 Å². The van der Waals surface area contributed by atoms with Gasteiger partial charge in [0.15, 0.2) is 15.8 Å². The molecule has 0 bridgehead atoms. The Balaban J connectivity index is 1.30. The van der Waals surface area contributed by atoms with Crippen LogP contribution in [0.25, 0.3) is 10.2 Å². The minimum Gasteiger partial charge on any atom is -0.494 e. The van der Waals surface area contributed by atoms with Crippen LogP contribution in [0.2, 0.25) is 0 Å². The maximum atomic E-state index is 12.1. The fourth-order valence-corrected chi connectivity index (χ4v) is 4.56. The number of thioether (sulfide) groups is 1. The molecule has 1 aromatic heterocycles. The van der Waals surface area contributed by atoms with E-state index in [1.165, 1.54) is 11.8 Å². The van der Waals surface area contributed by atoms with E-state index < -0.39 is 0 Å². The Labute approximate surface area is 164 Å². The van der Waals surface area contributed by atoms with Gasteiger partial charge in [0.05, 0.1) is 22.6 Å². The molecule has 140 valence electrons. The number of fused-ring (bicyclic) bond motifs is 2. The van der Waals surface area contributed by atoms with E-state index in [2.05, 4.69) is 10.3 Å². The number of hydrogen-bond acceptors (Lipinski definition) is 7. The number of benzene rings is 2. The second-order valence-electron chi connectivity index (χ2n) is 5.80. The Morgan fingerprint density at radius 2 is 2.15 bits per heavy atom. The lowest BCUT2D eigenvalue weighted by Gasteiger charge is -2.05. The fraction of sp³-hybridized carbons (Fsp3) is 0.263. The number of nitrogens with zero attached hydrogens (tertiary/aromatic N) is 1.